The van der Waals surface area contributed by atoms with Gasteiger partial charge in [-0.05, 0) is 47.8 Å². The zero-order valence-corrected chi connectivity index (χ0v) is 10.9. The molecule has 2 aromatic rings. The van der Waals surface area contributed by atoms with E-state index in [2.05, 4.69) is 45.3 Å². The van der Waals surface area contributed by atoms with Gasteiger partial charge in [0.2, 0.25) is 0 Å². The Kier molecular flexibility index (Phi) is 3.53. The zero-order valence-electron chi connectivity index (χ0n) is 8.48. The molecule has 0 radical (unpaired) electrons. The van der Waals surface area contributed by atoms with Crippen molar-refractivity contribution in [1.29, 1.82) is 0 Å². The van der Waals surface area contributed by atoms with Crippen LogP contribution < -0.4 is 0 Å². The normalized spacial score (nSPS) is 10.8. The summed E-state index contributed by atoms with van der Waals surface area (Å²) in [6, 6.07) is 4.24. The number of rotatable bonds is 4. The molecule has 0 aromatic carbocycles. The summed E-state index contributed by atoms with van der Waals surface area (Å²) in [7, 11) is 0. The van der Waals surface area contributed by atoms with E-state index in [4.69, 9.17) is 0 Å². The van der Waals surface area contributed by atoms with Gasteiger partial charge in [0.25, 0.3) is 0 Å². The Morgan fingerprint density at radius 3 is 2.87 bits per heavy atom. The van der Waals surface area contributed by atoms with Crippen LogP contribution in [-0.2, 0) is 19.4 Å². The second-order valence-corrected chi connectivity index (χ2v) is 5.82. The molecule has 15 heavy (non-hydrogen) atoms. The minimum absolute atomic E-state index is 0.886. The van der Waals surface area contributed by atoms with E-state index in [-0.39, 0.29) is 0 Å². The highest BCUT2D eigenvalue weighted by molar-refractivity contribution is 9.11. The predicted octanol–water partition coefficient (Wildman–Crippen LogP) is 2.91. The average molecular weight is 286 g/mol. The number of nitrogens with zero attached hydrogens (tertiary/aromatic N) is 3. The van der Waals surface area contributed by atoms with E-state index < -0.39 is 0 Å². The van der Waals surface area contributed by atoms with Crippen LogP contribution in [0, 0.1) is 0 Å². The molecule has 0 bridgehead atoms. The molecule has 0 aliphatic heterocycles. The van der Waals surface area contributed by atoms with Gasteiger partial charge in [-0.25, -0.2) is 0 Å². The maximum atomic E-state index is 4.11. The largest absolute Gasteiger partial charge is 0.253 e. The van der Waals surface area contributed by atoms with Crippen LogP contribution >= 0.6 is 27.3 Å². The Balaban J connectivity index is 1.93. The second kappa shape index (κ2) is 4.90. The molecule has 2 heterocycles. The quantitative estimate of drug-likeness (QED) is 0.865. The molecule has 0 fully saturated rings. The van der Waals surface area contributed by atoms with Gasteiger partial charge in [0.15, 0.2) is 0 Å². The van der Waals surface area contributed by atoms with Crippen molar-refractivity contribution in [3.8, 4) is 0 Å². The van der Waals surface area contributed by atoms with Crippen LogP contribution in [0.5, 0.6) is 0 Å². The van der Waals surface area contributed by atoms with Gasteiger partial charge in [0, 0.05) is 17.6 Å². The van der Waals surface area contributed by atoms with Gasteiger partial charge in [0.1, 0.15) is 0 Å². The zero-order chi connectivity index (χ0) is 10.7. The first-order valence-electron chi connectivity index (χ1n) is 4.91. The van der Waals surface area contributed by atoms with Crippen molar-refractivity contribution in [1.82, 2.24) is 15.0 Å². The smallest absolute Gasteiger partial charge is 0.0830 e. The van der Waals surface area contributed by atoms with Gasteiger partial charge < -0.3 is 0 Å². The van der Waals surface area contributed by atoms with Crippen LogP contribution in [0.15, 0.2) is 22.1 Å². The molecule has 2 rings (SSSR count). The number of aryl methyl sites for hydroxylation is 3. The minimum Gasteiger partial charge on any atom is -0.253 e. The van der Waals surface area contributed by atoms with Gasteiger partial charge in [0.05, 0.1) is 9.48 Å². The Bertz CT molecular complexity index is 435. The van der Waals surface area contributed by atoms with E-state index in [9.17, 15) is 0 Å². The lowest BCUT2D eigenvalue weighted by Crippen LogP contribution is -1.93. The lowest BCUT2D eigenvalue weighted by Gasteiger charge is -1.92. The lowest BCUT2D eigenvalue weighted by atomic mass is 10.2. The summed E-state index contributed by atoms with van der Waals surface area (Å²) < 4.78 is 3.05. The molecule has 80 valence electrons. The van der Waals surface area contributed by atoms with Gasteiger partial charge in [-0.2, -0.15) is 0 Å². The molecule has 0 N–H and O–H groups in total. The summed E-state index contributed by atoms with van der Waals surface area (Å²) in [6.07, 6.45) is 4.02. The van der Waals surface area contributed by atoms with Gasteiger partial charge in [-0.3, -0.25) is 4.68 Å². The van der Waals surface area contributed by atoms with Crippen LogP contribution in [-0.4, -0.2) is 15.0 Å². The summed E-state index contributed by atoms with van der Waals surface area (Å²) in [5, 5.41) is 8.13. The fourth-order valence-electron chi connectivity index (χ4n) is 1.35. The minimum atomic E-state index is 0.886. The molecule has 0 spiro atoms. The fraction of sp³-hybridized carbons (Fsp3) is 0.400. The summed E-state index contributed by atoms with van der Waals surface area (Å²) in [5.41, 5.74) is 1.07. The number of thiophene rings is 1. The van der Waals surface area contributed by atoms with Gasteiger partial charge >= 0.3 is 0 Å². The molecule has 0 aliphatic carbocycles. The SMILES string of the molecule is CCn1cc(CCc2ccc(Br)s2)nn1. The van der Waals surface area contributed by atoms with Crippen LogP contribution in [0.25, 0.3) is 0 Å². The molecular formula is C10H12BrN3S. The Labute approximate surface area is 101 Å². The summed E-state index contributed by atoms with van der Waals surface area (Å²) in [6.45, 7) is 2.95. The lowest BCUT2D eigenvalue weighted by molar-refractivity contribution is 0.626. The predicted molar refractivity (Wildman–Crippen MR) is 65.1 cm³/mol. The number of hydrogen-bond acceptors (Lipinski definition) is 3. The molecule has 0 saturated heterocycles. The van der Waals surface area contributed by atoms with Gasteiger partial charge in [-0.15, -0.1) is 16.4 Å². The van der Waals surface area contributed by atoms with E-state index in [0.29, 0.717) is 0 Å². The monoisotopic (exact) mass is 285 g/mol. The van der Waals surface area contributed by atoms with Crippen LogP contribution in [0.1, 0.15) is 17.5 Å². The van der Waals surface area contributed by atoms with E-state index >= 15 is 0 Å². The van der Waals surface area contributed by atoms with Gasteiger partial charge in [-0.1, -0.05) is 5.21 Å². The summed E-state index contributed by atoms with van der Waals surface area (Å²) in [5.74, 6) is 0. The van der Waals surface area contributed by atoms with Crippen LogP contribution in [0.2, 0.25) is 0 Å². The first-order chi connectivity index (χ1) is 7.28. The van der Waals surface area contributed by atoms with E-state index in [1.807, 2.05) is 10.9 Å². The van der Waals surface area contributed by atoms with E-state index in [0.717, 1.165) is 25.1 Å². The maximum Gasteiger partial charge on any atom is 0.0830 e. The molecular weight excluding hydrogens is 274 g/mol. The molecule has 5 heteroatoms. The first-order valence-corrected chi connectivity index (χ1v) is 6.52. The molecule has 0 unspecified atom stereocenters. The molecule has 0 amide bonds. The molecule has 2 aromatic heterocycles. The van der Waals surface area contributed by atoms with Crippen molar-refractivity contribution in [3.63, 3.8) is 0 Å². The highest BCUT2D eigenvalue weighted by Gasteiger charge is 2.02. The third-order valence-electron chi connectivity index (χ3n) is 2.17. The molecule has 3 nitrogen and oxygen atoms in total. The molecule has 0 aliphatic rings. The number of hydrogen-bond donors (Lipinski definition) is 0. The van der Waals surface area contributed by atoms with Crippen molar-refractivity contribution in [3.05, 3.63) is 32.7 Å². The van der Waals surface area contributed by atoms with Crippen molar-refractivity contribution in [2.24, 2.45) is 0 Å². The standard InChI is InChI=1S/C10H12BrN3S/c1-2-14-7-8(12-13-14)3-4-9-5-6-10(11)15-9/h5-7H,2-4H2,1H3. The van der Waals surface area contributed by atoms with Crippen LogP contribution in [0.3, 0.4) is 0 Å². The van der Waals surface area contributed by atoms with Crippen LogP contribution in [0.4, 0.5) is 0 Å². The van der Waals surface area contributed by atoms with Crippen molar-refractivity contribution in [2.45, 2.75) is 26.3 Å². The van der Waals surface area contributed by atoms with Crippen molar-refractivity contribution in [2.75, 3.05) is 0 Å². The fourth-order valence-corrected chi connectivity index (χ4v) is 2.83. The number of aromatic nitrogens is 3. The van der Waals surface area contributed by atoms with E-state index in [1.165, 1.54) is 8.66 Å². The Hall–Kier alpha value is -0.680. The maximum absolute atomic E-state index is 4.11. The Morgan fingerprint density at radius 1 is 1.40 bits per heavy atom. The highest BCUT2D eigenvalue weighted by atomic mass is 79.9. The summed E-state index contributed by atoms with van der Waals surface area (Å²) in [4.78, 5) is 1.38. The second-order valence-electron chi connectivity index (χ2n) is 3.27. The number of halogens is 1. The average Bonchev–Trinajstić information content (AvgIpc) is 2.83. The summed E-state index contributed by atoms with van der Waals surface area (Å²) >= 11 is 5.24. The third kappa shape index (κ3) is 2.89. The topological polar surface area (TPSA) is 30.7 Å². The molecule has 0 saturated carbocycles. The first kappa shape index (κ1) is 10.8. The van der Waals surface area contributed by atoms with Crippen molar-refractivity contribution < 1.29 is 0 Å². The third-order valence-corrected chi connectivity index (χ3v) is 3.85. The highest BCUT2D eigenvalue weighted by Crippen LogP contribution is 2.22. The Morgan fingerprint density at radius 2 is 2.27 bits per heavy atom. The molecule has 0 atom stereocenters. The van der Waals surface area contributed by atoms with E-state index in [1.54, 1.807) is 11.3 Å². The van der Waals surface area contributed by atoms with Crippen molar-refractivity contribution >= 4 is 27.3 Å².